The molecule has 1 fully saturated rings. The Morgan fingerprint density at radius 2 is 1.72 bits per heavy atom. The summed E-state index contributed by atoms with van der Waals surface area (Å²) in [5.74, 6) is -1.89. The second-order valence-electron chi connectivity index (χ2n) is 15.5. The van der Waals surface area contributed by atoms with Crippen molar-refractivity contribution in [2.24, 2.45) is 12.8 Å². The van der Waals surface area contributed by atoms with E-state index in [4.69, 9.17) is 19.6 Å². The third-order valence-electron chi connectivity index (χ3n) is 10.9. The smallest absolute Gasteiger partial charge is 0.389 e. The summed E-state index contributed by atoms with van der Waals surface area (Å²) < 4.78 is 59.6. The number of aryl methyl sites for hydroxylation is 4. The number of ketones is 2. The van der Waals surface area contributed by atoms with Crippen LogP contribution in [0.3, 0.4) is 0 Å². The molecular weight excluding hydrogens is 838 g/mol. The molecule has 3 N–H and O–H groups in total. The number of carbonyl (C=O) groups is 4. The predicted octanol–water partition coefficient (Wildman–Crippen LogP) is 6.27. The Morgan fingerprint density at radius 1 is 0.953 bits per heavy atom. The van der Waals surface area contributed by atoms with Gasteiger partial charge in [0.1, 0.15) is 12.0 Å². The number of anilines is 1. The van der Waals surface area contributed by atoms with Gasteiger partial charge < -0.3 is 24.9 Å². The van der Waals surface area contributed by atoms with Crippen molar-refractivity contribution in [1.29, 1.82) is 0 Å². The van der Waals surface area contributed by atoms with Gasteiger partial charge in [-0.15, -0.1) is 0 Å². The van der Waals surface area contributed by atoms with Crippen LogP contribution in [-0.2, 0) is 45.4 Å². The van der Waals surface area contributed by atoms with Crippen molar-refractivity contribution < 1.29 is 46.2 Å². The highest BCUT2D eigenvalue weighted by atomic mass is 19.4. The molecule has 2 amide bonds. The number of unbranched alkanes of at least 4 members (excludes halogenated alkanes) is 1. The van der Waals surface area contributed by atoms with Crippen molar-refractivity contribution in [2.75, 3.05) is 31.7 Å². The number of Topliss-reactive ketones (excluding diaryl/α,β-unsaturated/α-hetero) is 2. The maximum atomic E-state index is 13.2. The number of imidazole rings is 1. The van der Waals surface area contributed by atoms with Crippen molar-refractivity contribution >= 4 is 40.1 Å². The lowest BCUT2D eigenvalue weighted by Gasteiger charge is -2.21. The molecule has 0 bridgehead atoms. The molecule has 16 nitrogen and oxygen atoms in total. The molecule has 7 rings (SSSR count). The Kier molecular flexibility index (Phi) is 14.3. The Morgan fingerprint density at radius 3 is 2.45 bits per heavy atom. The number of para-hydroxylation sites is 1. The van der Waals surface area contributed by atoms with Gasteiger partial charge in [0.2, 0.25) is 5.89 Å². The minimum absolute atomic E-state index is 0.000790. The van der Waals surface area contributed by atoms with Crippen LogP contribution < -0.4 is 16.7 Å². The quantitative estimate of drug-likeness (QED) is 0.0645. The minimum atomic E-state index is -4.33. The number of nitrogens with one attached hydrogen (secondary N) is 1. The molecule has 64 heavy (non-hydrogen) atoms. The number of nitrogens with two attached hydrogens (primary N) is 1. The number of amides is 2. The number of carbonyl (C=O) groups excluding carboxylic acids is 4. The Balaban J connectivity index is 0.813. The van der Waals surface area contributed by atoms with Gasteiger partial charge >= 0.3 is 11.9 Å². The number of hydrogen-bond donors (Lipinski definition) is 2. The lowest BCUT2D eigenvalue weighted by atomic mass is 9.92. The highest BCUT2D eigenvalue weighted by Gasteiger charge is 2.32. The molecule has 0 radical (unpaired) electrons. The fraction of sp³-hybridized carbons (Fsp3) is 0.378. The van der Waals surface area contributed by atoms with E-state index in [9.17, 15) is 37.1 Å². The van der Waals surface area contributed by atoms with Crippen LogP contribution in [0.1, 0.15) is 88.8 Å². The average molecular weight is 885 g/mol. The van der Waals surface area contributed by atoms with E-state index in [1.54, 1.807) is 16.2 Å². The van der Waals surface area contributed by atoms with E-state index in [-0.39, 0.29) is 58.8 Å². The van der Waals surface area contributed by atoms with Crippen LogP contribution in [0.5, 0.6) is 0 Å². The summed E-state index contributed by atoms with van der Waals surface area (Å²) in [5.41, 5.74) is 9.75. The first kappa shape index (κ1) is 45.3. The molecule has 0 aliphatic heterocycles. The van der Waals surface area contributed by atoms with Crippen LogP contribution in [0.25, 0.3) is 28.2 Å². The monoisotopic (exact) mass is 884 g/mol. The van der Waals surface area contributed by atoms with Gasteiger partial charge in [0.25, 0.3) is 11.8 Å². The fourth-order valence-corrected chi connectivity index (χ4v) is 7.68. The van der Waals surface area contributed by atoms with Gasteiger partial charge in [0.15, 0.2) is 17.2 Å². The topological polar surface area (TPSA) is 208 Å². The van der Waals surface area contributed by atoms with Crippen molar-refractivity contribution in [2.45, 2.75) is 76.4 Å². The zero-order chi connectivity index (χ0) is 45.4. The SMILES string of the molecule is Cn1c(=O)n([C@H]2CCC(=O)CC2=O)c2cccc(CCCOCCOCCCCc3ccc(-n4cc(NC(=O)c5coc(-c6ccnc(CCC(F)(F)F)c6)n5)c(C(N)=O)n4)cc3)c21. The van der Waals surface area contributed by atoms with Gasteiger partial charge in [-0.1, -0.05) is 24.3 Å². The average Bonchev–Trinajstić information content (AvgIpc) is 4.00. The van der Waals surface area contributed by atoms with Crippen LogP contribution >= 0.6 is 0 Å². The molecule has 4 aromatic heterocycles. The summed E-state index contributed by atoms with van der Waals surface area (Å²) in [5, 5.41) is 6.85. The molecule has 19 heteroatoms. The predicted molar refractivity (Wildman–Crippen MR) is 227 cm³/mol. The first-order valence-electron chi connectivity index (χ1n) is 20.9. The number of oxazole rings is 1. The lowest BCUT2D eigenvalue weighted by molar-refractivity contribution is -0.134. The standard InChI is InChI=1S/C45H47F3N8O8/c1-54-40-29(7-4-9-37(40)56(44(54)61)36-15-14-33(57)25-38(36)58)8-5-21-63-23-22-62-20-3-2-6-28-10-12-32(13-11-28)55-26-34(39(53-55)41(49)59)51-42(60)35-27-64-43(52-35)30-17-19-50-31(24-30)16-18-45(46,47)48/h4,7,9-13,17,19,24,26-27,36H,2-3,5-6,8,14-16,18,20-23,25H2,1H3,(H2,49,59)(H,51,60)/t36-/m0/s1. The summed E-state index contributed by atoms with van der Waals surface area (Å²) in [6.07, 6.45) is 2.65. The Labute approximate surface area is 364 Å². The molecule has 0 spiro atoms. The van der Waals surface area contributed by atoms with Crippen LogP contribution in [-0.4, -0.2) is 84.9 Å². The zero-order valence-corrected chi connectivity index (χ0v) is 35.1. The van der Waals surface area contributed by atoms with E-state index in [0.29, 0.717) is 62.5 Å². The van der Waals surface area contributed by atoms with Crippen molar-refractivity contribution in [3.05, 3.63) is 112 Å². The fourth-order valence-electron chi connectivity index (χ4n) is 7.68. The maximum Gasteiger partial charge on any atom is 0.389 e. The summed E-state index contributed by atoms with van der Waals surface area (Å²) in [4.78, 5) is 71.1. The zero-order valence-electron chi connectivity index (χ0n) is 35.1. The molecule has 2 aromatic carbocycles. The van der Waals surface area contributed by atoms with Crippen molar-refractivity contribution in [3.63, 3.8) is 0 Å². The Bertz CT molecular complexity index is 2700. The third kappa shape index (κ3) is 11.1. The molecule has 4 heterocycles. The highest BCUT2D eigenvalue weighted by Crippen LogP contribution is 2.29. The Hall–Kier alpha value is -6.73. The second kappa shape index (κ2) is 20.2. The van der Waals surface area contributed by atoms with Crippen LogP contribution in [0.4, 0.5) is 18.9 Å². The molecule has 0 saturated heterocycles. The largest absolute Gasteiger partial charge is 0.444 e. The number of hydrogen-bond acceptors (Lipinski definition) is 11. The molecular formula is C45H47F3N8O8. The molecule has 1 saturated carbocycles. The van der Waals surface area contributed by atoms with Gasteiger partial charge in [0, 0.05) is 50.6 Å². The number of benzene rings is 2. The number of rotatable bonds is 20. The van der Waals surface area contributed by atoms with Gasteiger partial charge in [0.05, 0.1) is 54.3 Å². The summed E-state index contributed by atoms with van der Waals surface area (Å²) in [7, 11) is 1.71. The minimum Gasteiger partial charge on any atom is -0.444 e. The molecule has 0 unspecified atom stereocenters. The van der Waals surface area contributed by atoms with E-state index in [2.05, 4.69) is 20.4 Å². The van der Waals surface area contributed by atoms with E-state index in [1.165, 1.54) is 29.2 Å². The third-order valence-corrected chi connectivity index (χ3v) is 10.9. The van der Waals surface area contributed by atoms with E-state index in [1.807, 2.05) is 42.5 Å². The van der Waals surface area contributed by atoms with E-state index >= 15 is 0 Å². The van der Waals surface area contributed by atoms with E-state index in [0.717, 1.165) is 48.6 Å². The number of halogens is 3. The molecule has 6 aromatic rings. The van der Waals surface area contributed by atoms with Gasteiger partial charge in [-0.05, 0) is 86.4 Å². The molecule has 1 aliphatic rings. The highest BCUT2D eigenvalue weighted by molar-refractivity contribution is 6.07. The number of aromatic nitrogens is 6. The summed E-state index contributed by atoms with van der Waals surface area (Å²) >= 11 is 0. The molecule has 336 valence electrons. The van der Waals surface area contributed by atoms with E-state index < -0.39 is 30.5 Å². The second-order valence-corrected chi connectivity index (χ2v) is 15.5. The van der Waals surface area contributed by atoms with Crippen LogP contribution in [0, 0.1) is 0 Å². The van der Waals surface area contributed by atoms with Gasteiger partial charge in [-0.25, -0.2) is 14.5 Å². The number of ether oxygens (including phenoxy) is 2. The normalized spacial score (nSPS) is 14.4. The van der Waals surface area contributed by atoms with Crippen molar-refractivity contribution in [1.82, 2.24) is 28.9 Å². The number of primary amides is 1. The number of alkyl halides is 3. The number of pyridine rings is 1. The van der Waals surface area contributed by atoms with Gasteiger partial charge in [-0.3, -0.25) is 33.3 Å². The lowest BCUT2D eigenvalue weighted by Crippen LogP contribution is -2.34. The molecule has 1 aliphatic carbocycles. The van der Waals surface area contributed by atoms with Crippen LogP contribution in [0.15, 0.2) is 82.5 Å². The summed E-state index contributed by atoms with van der Waals surface area (Å²) in [6.45, 7) is 2.01. The molecule has 1 atom stereocenters. The maximum absolute atomic E-state index is 13.2. The van der Waals surface area contributed by atoms with Gasteiger partial charge in [-0.2, -0.15) is 18.3 Å². The first-order chi connectivity index (χ1) is 30.8. The van der Waals surface area contributed by atoms with Crippen LogP contribution in [0.2, 0.25) is 0 Å². The number of fused-ring (bicyclic) bond motifs is 1. The number of nitrogens with zero attached hydrogens (tertiary/aromatic N) is 6. The summed E-state index contributed by atoms with van der Waals surface area (Å²) in [6, 6.07) is 15.5. The first-order valence-corrected chi connectivity index (χ1v) is 20.9. The van der Waals surface area contributed by atoms with Crippen molar-refractivity contribution in [3.8, 4) is 17.1 Å².